The molecule has 2 saturated heterocycles. The van der Waals surface area contributed by atoms with Crippen LogP contribution in [0.15, 0.2) is 30.3 Å². The Labute approximate surface area is 154 Å². The predicted molar refractivity (Wildman–Crippen MR) is 102 cm³/mol. The number of sulfone groups is 1. The van der Waals surface area contributed by atoms with Gasteiger partial charge >= 0.3 is 0 Å². The minimum Gasteiger partial charge on any atom is -0.335 e. The number of amides is 2. The summed E-state index contributed by atoms with van der Waals surface area (Å²) >= 11 is 0. The maximum Gasteiger partial charge on any atom is 0.246 e. The first-order valence-corrected chi connectivity index (χ1v) is 10.8. The number of hydrogen-bond acceptors (Lipinski definition) is 4. The predicted octanol–water partition coefficient (Wildman–Crippen LogP) is 1.86. The van der Waals surface area contributed by atoms with E-state index < -0.39 is 9.84 Å². The van der Waals surface area contributed by atoms with Crippen LogP contribution in [0.3, 0.4) is 0 Å². The SMILES string of the molecule is CCN(C(=O)/C=C/c1ccc(N2CCCC2=O)cc1)C1CCS(=O)(=O)C1. The zero-order chi connectivity index (χ0) is 18.7. The number of carbonyl (C=O) groups is 2. The molecule has 0 bridgehead atoms. The highest BCUT2D eigenvalue weighted by Gasteiger charge is 2.33. The molecule has 0 aromatic heterocycles. The van der Waals surface area contributed by atoms with Gasteiger partial charge in [-0.05, 0) is 43.5 Å². The highest BCUT2D eigenvalue weighted by atomic mass is 32.2. The molecular weight excluding hydrogens is 352 g/mol. The third-order valence-corrected chi connectivity index (χ3v) is 6.72. The van der Waals surface area contributed by atoms with Crippen molar-refractivity contribution in [1.82, 2.24) is 4.90 Å². The van der Waals surface area contributed by atoms with Crippen molar-refractivity contribution in [1.29, 1.82) is 0 Å². The molecule has 2 aliphatic heterocycles. The Kier molecular flexibility index (Phi) is 5.46. The molecule has 0 N–H and O–H groups in total. The van der Waals surface area contributed by atoms with Crippen LogP contribution in [0, 0.1) is 0 Å². The van der Waals surface area contributed by atoms with Crippen LogP contribution in [0.5, 0.6) is 0 Å². The van der Waals surface area contributed by atoms with E-state index in [1.807, 2.05) is 31.2 Å². The van der Waals surface area contributed by atoms with Crippen molar-refractivity contribution in [2.75, 3.05) is 29.5 Å². The second kappa shape index (κ2) is 7.61. The van der Waals surface area contributed by atoms with E-state index in [1.54, 1.807) is 15.9 Å². The van der Waals surface area contributed by atoms with Crippen molar-refractivity contribution in [3.8, 4) is 0 Å². The van der Waals surface area contributed by atoms with E-state index in [1.165, 1.54) is 6.08 Å². The number of anilines is 1. The van der Waals surface area contributed by atoms with Crippen LogP contribution in [0.25, 0.3) is 6.08 Å². The lowest BCUT2D eigenvalue weighted by Crippen LogP contribution is -2.40. The van der Waals surface area contributed by atoms with E-state index in [4.69, 9.17) is 0 Å². The zero-order valence-electron chi connectivity index (χ0n) is 14.9. The van der Waals surface area contributed by atoms with E-state index in [0.717, 1.165) is 24.2 Å². The van der Waals surface area contributed by atoms with Gasteiger partial charge in [-0.3, -0.25) is 9.59 Å². The van der Waals surface area contributed by atoms with Crippen molar-refractivity contribution >= 4 is 33.4 Å². The van der Waals surface area contributed by atoms with Crippen molar-refractivity contribution in [3.63, 3.8) is 0 Å². The van der Waals surface area contributed by atoms with Gasteiger partial charge in [0, 0.05) is 37.3 Å². The average Bonchev–Trinajstić information content (AvgIpc) is 3.19. The van der Waals surface area contributed by atoms with Crippen LogP contribution in [0.4, 0.5) is 5.69 Å². The molecule has 3 rings (SSSR count). The molecule has 6 nitrogen and oxygen atoms in total. The van der Waals surface area contributed by atoms with Crippen LogP contribution in [0.1, 0.15) is 31.7 Å². The maximum atomic E-state index is 12.5. The Bertz CT molecular complexity index is 814. The number of hydrogen-bond donors (Lipinski definition) is 0. The topological polar surface area (TPSA) is 74.8 Å². The summed E-state index contributed by atoms with van der Waals surface area (Å²) in [5, 5.41) is 0. The quantitative estimate of drug-likeness (QED) is 0.735. The smallest absolute Gasteiger partial charge is 0.246 e. The lowest BCUT2D eigenvalue weighted by atomic mass is 10.1. The summed E-state index contributed by atoms with van der Waals surface area (Å²) in [6, 6.07) is 7.29. The van der Waals surface area contributed by atoms with Gasteiger partial charge < -0.3 is 9.80 Å². The summed E-state index contributed by atoms with van der Waals surface area (Å²) in [7, 11) is -3.02. The highest BCUT2D eigenvalue weighted by Crippen LogP contribution is 2.22. The van der Waals surface area contributed by atoms with Gasteiger partial charge in [0.1, 0.15) is 0 Å². The van der Waals surface area contributed by atoms with E-state index in [2.05, 4.69) is 0 Å². The zero-order valence-corrected chi connectivity index (χ0v) is 15.7. The molecule has 0 spiro atoms. The monoisotopic (exact) mass is 376 g/mol. The Hall–Kier alpha value is -2.15. The molecule has 2 fully saturated rings. The number of benzene rings is 1. The first-order valence-electron chi connectivity index (χ1n) is 8.99. The van der Waals surface area contributed by atoms with Gasteiger partial charge in [-0.25, -0.2) is 8.42 Å². The summed E-state index contributed by atoms with van der Waals surface area (Å²) in [4.78, 5) is 27.6. The number of carbonyl (C=O) groups excluding carboxylic acids is 2. The average molecular weight is 376 g/mol. The van der Waals surface area contributed by atoms with Crippen molar-refractivity contribution < 1.29 is 18.0 Å². The van der Waals surface area contributed by atoms with E-state index >= 15 is 0 Å². The lowest BCUT2D eigenvalue weighted by molar-refractivity contribution is -0.127. The summed E-state index contributed by atoms with van der Waals surface area (Å²) in [6.45, 7) is 3.10. The van der Waals surface area contributed by atoms with Crippen LogP contribution < -0.4 is 4.90 Å². The molecule has 7 heteroatoms. The normalized spacial score (nSPS) is 22.3. The standard InChI is InChI=1S/C19H24N2O4S/c1-2-20(17-11-13-26(24,25)14-17)19(23)10-7-15-5-8-16(9-6-15)21-12-3-4-18(21)22/h5-10,17H,2-4,11-14H2,1H3/b10-7+. The Morgan fingerprint density at radius 3 is 2.58 bits per heavy atom. The van der Waals surface area contributed by atoms with Gasteiger partial charge in [-0.1, -0.05) is 12.1 Å². The lowest BCUT2D eigenvalue weighted by Gasteiger charge is -2.25. The third-order valence-electron chi connectivity index (χ3n) is 4.97. The minimum atomic E-state index is -3.02. The van der Waals surface area contributed by atoms with Crippen LogP contribution in [-0.4, -0.2) is 55.8 Å². The molecule has 0 radical (unpaired) electrons. The van der Waals surface area contributed by atoms with Crippen molar-refractivity contribution in [2.24, 2.45) is 0 Å². The summed E-state index contributed by atoms with van der Waals surface area (Å²) < 4.78 is 23.3. The third kappa shape index (κ3) is 4.15. The molecular formula is C19H24N2O4S. The fraction of sp³-hybridized carbons (Fsp3) is 0.474. The van der Waals surface area contributed by atoms with Gasteiger partial charge in [-0.15, -0.1) is 0 Å². The number of nitrogens with zero attached hydrogens (tertiary/aromatic N) is 2. The number of rotatable bonds is 5. The Morgan fingerprint density at radius 2 is 2.04 bits per heavy atom. The first kappa shape index (κ1) is 18.6. The molecule has 0 aliphatic carbocycles. The second-order valence-electron chi connectivity index (χ2n) is 6.75. The van der Waals surface area contributed by atoms with Gasteiger partial charge in [-0.2, -0.15) is 0 Å². The summed E-state index contributed by atoms with van der Waals surface area (Å²) in [5.74, 6) is 0.183. The van der Waals surface area contributed by atoms with Gasteiger partial charge in [0.05, 0.1) is 11.5 Å². The van der Waals surface area contributed by atoms with Crippen LogP contribution >= 0.6 is 0 Å². The summed E-state index contributed by atoms with van der Waals surface area (Å²) in [6.07, 6.45) is 5.21. The van der Waals surface area contributed by atoms with E-state index in [-0.39, 0.29) is 29.4 Å². The highest BCUT2D eigenvalue weighted by molar-refractivity contribution is 7.91. The molecule has 140 valence electrons. The Balaban J connectivity index is 1.64. The molecule has 0 saturated carbocycles. The first-order chi connectivity index (χ1) is 12.4. The van der Waals surface area contributed by atoms with E-state index in [9.17, 15) is 18.0 Å². The molecule has 26 heavy (non-hydrogen) atoms. The molecule has 1 aromatic carbocycles. The fourth-order valence-electron chi connectivity index (χ4n) is 3.56. The molecule has 2 aliphatic rings. The molecule has 1 aromatic rings. The molecule has 1 atom stereocenters. The molecule has 2 heterocycles. The fourth-order valence-corrected chi connectivity index (χ4v) is 5.30. The maximum absolute atomic E-state index is 12.5. The molecule has 1 unspecified atom stereocenters. The molecule has 2 amide bonds. The van der Waals surface area contributed by atoms with Gasteiger partial charge in [0.25, 0.3) is 0 Å². The number of likely N-dealkylation sites (N-methyl/N-ethyl adjacent to an activating group) is 1. The summed E-state index contributed by atoms with van der Waals surface area (Å²) in [5.41, 5.74) is 1.74. The van der Waals surface area contributed by atoms with Gasteiger partial charge in [0.2, 0.25) is 11.8 Å². The van der Waals surface area contributed by atoms with Crippen LogP contribution in [0.2, 0.25) is 0 Å². The van der Waals surface area contributed by atoms with Crippen LogP contribution in [-0.2, 0) is 19.4 Å². The van der Waals surface area contributed by atoms with Crippen molar-refractivity contribution in [2.45, 2.75) is 32.2 Å². The minimum absolute atomic E-state index is 0.0545. The Morgan fingerprint density at radius 1 is 1.31 bits per heavy atom. The van der Waals surface area contributed by atoms with Gasteiger partial charge in [0.15, 0.2) is 9.84 Å². The largest absolute Gasteiger partial charge is 0.335 e. The van der Waals surface area contributed by atoms with E-state index in [0.29, 0.717) is 19.4 Å². The van der Waals surface area contributed by atoms with Crippen molar-refractivity contribution in [3.05, 3.63) is 35.9 Å². The second-order valence-corrected chi connectivity index (χ2v) is 8.98.